The Bertz CT molecular complexity index is 863. The van der Waals surface area contributed by atoms with E-state index in [0.29, 0.717) is 0 Å². The lowest BCUT2D eigenvalue weighted by Gasteiger charge is -2.24. The number of aromatic nitrogens is 1. The molecular weight excluding hydrogens is 319 g/mol. The third-order valence-electron chi connectivity index (χ3n) is 3.01. The number of anilines is 2. The number of benzene rings is 1. The van der Waals surface area contributed by atoms with Crippen molar-refractivity contribution in [2.75, 3.05) is 4.90 Å². The molecule has 1 aromatic heterocycles. The second-order valence-electron chi connectivity index (χ2n) is 4.44. The van der Waals surface area contributed by atoms with Crippen molar-refractivity contribution in [3.63, 3.8) is 0 Å². The molecule has 0 bridgehead atoms. The Morgan fingerprint density at radius 3 is 2.59 bits per heavy atom. The maximum Gasteiger partial charge on any atom is 0.416 e. The Hall–Kier alpha value is -2.42. The fourth-order valence-corrected chi connectivity index (χ4v) is 2.97. The molecular formula is C13H8F3N3O2S. The van der Waals surface area contributed by atoms with Gasteiger partial charge in [0.15, 0.2) is 5.82 Å². The molecule has 2 aromatic rings. The van der Waals surface area contributed by atoms with Crippen molar-refractivity contribution in [2.45, 2.75) is 11.1 Å². The van der Waals surface area contributed by atoms with E-state index in [-0.39, 0.29) is 16.4 Å². The van der Waals surface area contributed by atoms with E-state index in [0.717, 1.165) is 18.5 Å². The van der Waals surface area contributed by atoms with Crippen LogP contribution in [0.4, 0.5) is 24.7 Å². The molecule has 0 aliphatic carbocycles. The van der Waals surface area contributed by atoms with Gasteiger partial charge in [-0.05, 0) is 30.3 Å². The topological polar surface area (TPSA) is 62.6 Å². The Balaban J connectivity index is 2.15. The third-order valence-corrected chi connectivity index (χ3v) is 4.26. The molecule has 1 aromatic carbocycles. The summed E-state index contributed by atoms with van der Waals surface area (Å²) in [6.07, 6.45) is -2.20. The van der Waals surface area contributed by atoms with Crippen molar-refractivity contribution in [2.24, 2.45) is 4.40 Å². The first kappa shape index (κ1) is 14.5. The summed E-state index contributed by atoms with van der Waals surface area (Å²) in [4.78, 5) is 4.98. The Morgan fingerprint density at radius 2 is 1.86 bits per heavy atom. The van der Waals surface area contributed by atoms with E-state index in [1.807, 2.05) is 0 Å². The molecule has 5 nitrogen and oxygen atoms in total. The summed E-state index contributed by atoms with van der Waals surface area (Å²) in [6.45, 7) is 0. The van der Waals surface area contributed by atoms with E-state index >= 15 is 0 Å². The first-order valence-corrected chi connectivity index (χ1v) is 7.45. The van der Waals surface area contributed by atoms with Crippen LogP contribution in [0.5, 0.6) is 0 Å². The lowest BCUT2D eigenvalue weighted by molar-refractivity contribution is -0.137. The zero-order chi connectivity index (χ0) is 16.0. The molecule has 1 aliphatic rings. The summed E-state index contributed by atoms with van der Waals surface area (Å²) >= 11 is 0. The Labute approximate surface area is 123 Å². The number of sulfonamides is 1. The third kappa shape index (κ3) is 2.43. The van der Waals surface area contributed by atoms with E-state index < -0.39 is 21.8 Å². The standard InChI is InChI=1S/C13H8F3N3O2S/c14-13(15,16)9-3-1-4-10(7-9)19-8-18-22(20,21)11-5-2-6-17-12(11)19/h1-8H. The minimum atomic E-state index is -4.50. The van der Waals surface area contributed by atoms with Crippen molar-refractivity contribution in [1.82, 2.24) is 4.98 Å². The van der Waals surface area contributed by atoms with Crippen LogP contribution in [-0.4, -0.2) is 19.7 Å². The predicted molar refractivity (Wildman–Crippen MR) is 73.5 cm³/mol. The Kier molecular flexibility index (Phi) is 3.17. The monoisotopic (exact) mass is 327 g/mol. The highest BCUT2D eigenvalue weighted by Gasteiger charge is 2.32. The molecule has 0 spiro atoms. The van der Waals surface area contributed by atoms with Crippen LogP contribution in [0, 0.1) is 0 Å². The molecule has 0 radical (unpaired) electrons. The van der Waals surface area contributed by atoms with Gasteiger partial charge in [-0.3, -0.25) is 4.90 Å². The highest BCUT2D eigenvalue weighted by atomic mass is 32.2. The number of nitrogens with zero attached hydrogens (tertiary/aromatic N) is 3. The molecule has 3 rings (SSSR count). The van der Waals surface area contributed by atoms with Gasteiger partial charge in [0.1, 0.15) is 11.2 Å². The van der Waals surface area contributed by atoms with Gasteiger partial charge in [-0.1, -0.05) is 6.07 Å². The number of halogens is 3. The summed E-state index contributed by atoms with van der Waals surface area (Å²) in [5.74, 6) is 0.0109. The molecule has 0 amide bonds. The first-order valence-electron chi connectivity index (χ1n) is 6.01. The second-order valence-corrected chi connectivity index (χ2v) is 6.04. The number of alkyl halides is 3. The van der Waals surface area contributed by atoms with Gasteiger partial charge in [-0.15, -0.1) is 4.40 Å². The van der Waals surface area contributed by atoms with Gasteiger partial charge in [-0.25, -0.2) is 4.98 Å². The molecule has 1 aliphatic heterocycles. The van der Waals surface area contributed by atoms with Crippen LogP contribution in [-0.2, 0) is 16.2 Å². The zero-order valence-corrected chi connectivity index (χ0v) is 11.6. The molecule has 0 unspecified atom stereocenters. The highest BCUT2D eigenvalue weighted by Crippen LogP contribution is 2.36. The largest absolute Gasteiger partial charge is 0.416 e. The first-order chi connectivity index (χ1) is 10.3. The minimum Gasteiger partial charge on any atom is -0.283 e. The fourth-order valence-electron chi connectivity index (χ4n) is 2.01. The molecule has 114 valence electrons. The fraction of sp³-hybridized carbons (Fsp3) is 0.0769. The van der Waals surface area contributed by atoms with Gasteiger partial charge >= 0.3 is 6.18 Å². The quantitative estimate of drug-likeness (QED) is 0.808. The maximum atomic E-state index is 12.8. The molecule has 0 N–H and O–H groups in total. The predicted octanol–water partition coefficient (Wildman–Crippen LogP) is 2.97. The average molecular weight is 327 g/mol. The second kappa shape index (κ2) is 4.80. The lowest BCUT2D eigenvalue weighted by Crippen LogP contribution is -2.24. The SMILES string of the molecule is O=S1(=O)N=CN(c2cccc(C(F)(F)F)c2)c2ncccc21. The minimum absolute atomic E-state index is 0.0109. The zero-order valence-electron chi connectivity index (χ0n) is 10.8. The van der Waals surface area contributed by atoms with Crippen LogP contribution in [0.15, 0.2) is 51.9 Å². The van der Waals surface area contributed by atoms with Gasteiger partial charge in [0.05, 0.1) is 5.56 Å². The molecule has 0 fully saturated rings. The Morgan fingerprint density at radius 1 is 1.09 bits per heavy atom. The molecule has 2 heterocycles. The van der Waals surface area contributed by atoms with Crippen LogP contribution in [0.2, 0.25) is 0 Å². The van der Waals surface area contributed by atoms with Gasteiger partial charge in [-0.2, -0.15) is 21.6 Å². The van der Waals surface area contributed by atoms with Crippen molar-refractivity contribution >= 4 is 27.9 Å². The van der Waals surface area contributed by atoms with E-state index in [1.54, 1.807) is 0 Å². The van der Waals surface area contributed by atoms with E-state index in [2.05, 4.69) is 9.38 Å². The number of pyridine rings is 1. The summed E-state index contributed by atoms with van der Waals surface area (Å²) in [7, 11) is -3.88. The number of rotatable bonds is 1. The van der Waals surface area contributed by atoms with Crippen LogP contribution >= 0.6 is 0 Å². The van der Waals surface area contributed by atoms with Gasteiger partial charge in [0, 0.05) is 11.9 Å². The molecule has 9 heteroatoms. The van der Waals surface area contributed by atoms with Crippen molar-refractivity contribution in [3.8, 4) is 0 Å². The maximum absolute atomic E-state index is 12.8. The molecule has 0 atom stereocenters. The molecule has 22 heavy (non-hydrogen) atoms. The number of hydrogen-bond acceptors (Lipinski definition) is 4. The van der Waals surface area contributed by atoms with Crippen molar-refractivity contribution < 1.29 is 21.6 Å². The van der Waals surface area contributed by atoms with Crippen LogP contribution < -0.4 is 4.90 Å². The van der Waals surface area contributed by atoms with E-state index in [1.165, 1.54) is 35.4 Å². The van der Waals surface area contributed by atoms with Crippen LogP contribution in [0.25, 0.3) is 0 Å². The summed E-state index contributed by atoms with van der Waals surface area (Å²) < 4.78 is 65.4. The average Bonchev–Trinajstić information content (AvgIpc) is 2.47. The van der Waals surface area contributed by atoms with Gasteiger partial charge in [0.25, 0.3) is 10.0 Å². The van der Waals surface area contributed by atoms with Crippen LogP contribution in [0.1, 0.15) is 5.56 Å². The number of hydrogen-bond donors (Lipinski definition) is 0. The summed E-state index contributed by atoms with van der Waals surface area (Å²) in [5.41, 5.74) is -0.724. The highest BCUT2D eigenvalue weighted by molar-refractivity contribution is 7.90. The molecule has 0 saturated carbocycles. The van der Waals surface area contributed by atoms with Gasteiger partial charge in [0.2, 0.25) is 0 Å². The van der Waals surface area contributed by atoms with Crippen LogP contribution in [0.3, 0.4) is 0 Å². The summed E-state index contributed by atoms with van der Waals surface area (Å²) in [6, 6.07) is 7.20. The lowest BCUT2D eigenvalue weighted by atomic mass is 10.2. The molecule has 0 saturated heterocycles. The van der Waals surface area contributed by atoms with E-state index in [9.17, 15) is 21.6 Å². The normalized spacial score (nSPS) is 16.4. The smallest absolute Gasteiger partial charge is 0.283 e. The number of fused-ring (bicyclic) bond motifs is 1. The summed E-state index contributed by atoms with van der Waals surface area (Å²) in [5, 5.41) is 0. The van der Waals surface area contributed by atoms with Gasteiger partial charge < -0.3 is 0 Å². The van der Waals surface area contributed by atoms with E-state index in [4.69, 9.17) is 0 Å². The van der Waals surface area contributed by atoms with Crippen molar-refractivity contribution in [3.05, 3.63) is 48.2 Å². The van der Waals surface area contributed by atoms with Crippen molar-refractivity contribution in [1.29, 1.82) is 0 Å².